The van der Waals surface area contributed by atoms with Gasteiger partial charge in [-0.05, 0) is 31.7 Å². The molecule has 5 heteroatoms. The first-order chi connectivity index (χ1) is 8.28. The molecule has 17 heavy (non-hydrogen) atoms. The summed E-state index contributed by atoms with van der Waals surface area (Å²) in [6.45, 7) is 3.91. The zero-order valence-corrected chi connectivity index (χ0v) is 10.7. The summed E-state index contributed by atoms with van der Waals surface area (Å²) in [7, 11) is 1.86. The maximum absolute atomic E-state index is 5.44. The zero-order valence-electron chi connectivity index (χ0n) is 10.7. The Balaban J connectivity index is 1.73. The van der Waals surface area contributed by atoms with Crippen LogP contribution in [0.4, 0.5) is 6.01 Å². The van der Waals surface area contributed by atoms with E-state index in [9.17, 15) is 0 Å². The molecule has 5 nitrogen and oxygen atoms in total. The third-order valence-corrected chi connectivity index (χ3v) is 3.47. The Labute approximate surface area is 102 Å². The monoisotopic (exact) mass is 238 g/mol. The van der Waals surface area contributed by atoms with Crippen LogP contribution in [0.25, 0.3) is 0 Å². The molecule has 0 aliphatic heterocycles. The average molecular weight is 238 g/mol. The minimum atomic E-state index is 0.550. The van der Waals surface area contributed by atoms with E-state index >= 15 is 0 Å². The van der Waals surface area contributed by atoms with E-state index in [0.717, 1.165) is 18.4 Å². The molecule has 2 N–H and O–H groups in total. The lowest BCUT2D eigenvalue weighted by atomic mass is 9.83. The summed E-state index contributed by atoms with van der Waals surface area (Å²) in [5, 5.41) is 14.1. The molecule has 96 valence electrons. The van der Waals surface area contributed by atoms with Crippen LogP contribution in [0.5, 0.6) is 0 Å². The molecule has 0 bridgehead atoms. The summed E-state index contributed by atoms with van der Waals surface area (Å²) >= 11 is 0. The fourth-order valence-corrected chi connectivity index (χ4v) is 2.31. The first-order valence-electron chi connectivity index (χ1n) is 6.48. The van der Waals surface area contributed by atoms with E-state index in [1.54, 1.807) is 0 Å². The van der Waals surface area contributed by atoms with E-state index in [-0.39, 0.29) is 0 Å². The van der Waals surface area contributed by atoms with Crippen LogP contribution in [-0.4, -0.2) is 23.8 Å². The van der Waals surface area contributed by atoms with Crippen molar-refractivity contribution in [2.45, 2.75) is 39.2 Å². The van der Waals surface area contributed by atoms with Gasteiger partial charge in [0.2, 0.25) is 5.89 Å². The average Bonchev–Trinajstić information content (AvgIpc) is 2.77. The van der Waals surface area contributed by atoms with Gasteiger partial charge < -0.3 is 15.1 Å². The van der Waals surface area contributed by atoms with E-state index < -0.39 is 0 Å². The normalized spacial score (nSPS) is 24.8. The minimum absolute atomic E-state index is 0.550. The van der Waals surface area contributed by atoms with Gasteiger partial charge in [-0.25, -0.2) is 0 Å². The van der Waals surface area contributed by atoms with Crippen LogP contribution >= 0.6 is 0 Å². The highest BCUT2D eigenvalue weighted by molar-refractivity contribution is 5.16. The van der Waals surface area contributed by atoms with Crippen molar-refractivity contribution in [1.29, 1.82) is 0 Å². The van der Waals surface area contributed by atoms with E-state index in [0.29, 0.717) is 18.5 Å². The fourth-order valence-electron chi connectivity index (χ4n) is 2.31. The minimum Gasteiger partial charge on any atom is -0.407 e. The van der Waals surface area contributed by atoms with Gasteiger partial charge in [0.1, 0.15) is 0 Å². The van der Waals surface area contributed by atoms with E-state index in [1.807, 2.05) is 7.05 Å². The quantitative estimate of drug-likeness (QED) is 0.821. The largest absolute Gasteiger partial charge is 0.407 e. The molecule has 2 rings (SSSR count). The molecule has 1 aliphatic carbocycles. The molecular formula is C12H22N4O. The van der Waals surface area contributed by atoms with Gasteiger partial charge in [-0.2, -0.15) is 0 Å². The molecule has 0 amide bonds. The number of aromatic nitrogens is 2. The molecule has 1 aromatic rings. The molecule has 0 spiro atoms. The number of hydrogen-bond acceptors (Lipinski definition) is 5. The standard InChI is InChI=1S/C12H22N4O/c1-9-3-5-10(6-4-9)7-14-12-16-15-11(17-12)8-13-2/h9-10,13H,3-8H2,1-2H3,(H,14,16). The van der Waals surface area contributed by atoms with Crippen LogP contribution in [0.2, 0.25) is 0 Å². The lowest BCUT2D eigenvalue weighted by Gasteiger charge is -2.25. The first-order valence-corrected chi connectivity index (χ1v) is 6.48. The molecule has 0 saturated heterocycles. The van der Waals surface area contributed by atoms with Gasteiger partial charge in [-0.1, -0.05) is 24.9 Å². The van der Waals surface area contributed by atoms with Gasteiger partial charge in [0.25, 0.3) is 0 Å². The number of rotatable bonds is 5. The number of hydrogen-bond donors (Lipinski definition) is 2. The highest BCUT2D eigenvalue weighted by Crippen LogP contribution is 2.28. The molecule has 1 aromatic heterocycles. The molecule has 1 heterocycles. The van der Waals surface area contributed by atoms with Crippen LogP contribution in [0.15, 0.2) is 4.42 Å². The van der Waals surface area contributed by atoms with Gasteiger partial charge in [0.15, 0.2) is 0 Å². The van der Waals surface area contributed by atoms with E-state index in [1.165, 1.54) is 25.7 Å². The predicted octanol–water partition coefficient (Wildman–Crippen LogP) is 2.03. The van der Waals surface area contributed by atoms with Gasteiger partial charge in [-0.15, -0.1) is 5.10 Å². The molecular weight excluding hydrogens is 216 g/mol. The second kappa shape index (κ2) is 6.00. The summed E-state index contributed by atoms with van der Waals surface area (Å²) in [5.74, 6) is 2.29. The third kappa shape index (κ3) is 3.70. The topological polar surface area (TPSA) is 63.0 Å². The summed E-state index contributed by atoms with van der Waals surface area (Å²) < 4.78 is 5.44. The van der Waals surface area contributed by atoms with Crippen LogP contribution in [-0.2, 0) is 6.54 Å². The van der Waals surface area contributed by atoms with Crippen molar-refractivity contribution < 1.29 is 4.42 Å². The lowest BCUT2D eigenvalue weighted by molar-refractivity contribution is 0.299. The first kappa shape index (κ1) is 12.4. The molecule has 0 aromatic carbocycles. The van der Waals surface area contributed by atoms with Crippen molar-refractivity contribution in [3.8, 4) is 0 Å². The van der Waals surface area contributed by atoms with Crippen LogP contribution in [0.3, 0.4) is 0 Å². The third-order valence-electron chi connectivity index (χ3n) is 3.47. The number of nitrogens with zero attached hydrogens (tertiary/aromatic N) is 2. The lowest BCUT2D eigenvalue weighted by Crippen LogP contribution is -2.20. The van der Waals surface area contributed by atoms with Gasteiger partial charge in [-0.3, -0.25) is 0 Å². The van der Waals surface area contributed by atoms with Crippen molar-refractivity contribution in [1.82, 2.24) is 15.5 Å². The van der Waals surface area contributed by atoms with Crippen LogP contribution in [0, 0.1) is 11.8 Å². The molecule has 0 radical (unpaired) electrons. The second-order valence-corrected chi connectivity index (χ2v) is 5.04. The highest BCUT2D eigenvalue weighted by atomic mass is 16.4. The van der Waals surface area contributed by atoms with Gasteiger partial charge >= 0.3 is 6.01 Å². The van der Waals surface area contributed by atoms with Gasteiger partial charge in [0.05, 0.1) is 6.54 Å². The SMILES string of the molecule is CNCc1nnc(NCC2CCC(C)CC2)o1. The van der Waals surface area contributed by atoms with Gasteiger partial charge in [0, 0.05) is 6.54 Å². The second-order valence-electron chi connectivity index (χ2n) is 5.04. The van der Waals surface area contributed by atoms with E-state index in [2.05, 4.69) is 27.8 Å². The number of nitrogens with one attached hydrogen (secondary N) is 2. The Hall–Kier alpha value is -1.10. The maximum atomic E-state index is 5.44. The molecule has 0 atom stereocenters. The Morgan fingerprint density at radius 3 is 2.71 bits per heavy atom. The predicted molar refractivity (Wildman–Crippen MR) is 66.7 cm³/mol. The van der Waals surface area contributed by atoms with Crippen molar-refractivity contribution in [3.63, 3.8) is 0 Å². The van der Waals surface area contributed by atoms with Crippen molar-refractivity contribution in [3.05, 3.63) is 5.89 Å². The zero-order chi connectivity index (χ0) is 12.1. The summed E-state index contributed by atoms with van der Waals surface area (Å²) in [6, 6.07) is 0.550. The summed E-state index contributed by atoms with van der Waals surface area (Å²) in [4.78, 5) is 0. The molecule has 1 aliphatic rings. The van der Waals surface area contributed by atoms with Crippen LogP contribution < -0.4 is 10.6 Å². The van der Waals surface area contributed by atoms with Crippen molar-refractivity contribution in [2.75, 3.05) is 18.9 Å². The fraction of sp³-hybridized carbons (Fsp3) is 0.833. The van der Waals surface area contributed by atoms with Crippen molar-refractivity contribution in [2.24, 2.45) is 11.8 Å². The molecule has 1 fully saturated rings. The number of anilines is 1. The smallest absolute Gasteiger partial charge is 0.315 e. The Morgan fingerprint density at radius 2 is 2.00 bits per heavy atom. The highest BCUT2D eigenvalue weighted by Gasteiger charge is 2.18. The molecule has 1 saturated carbocycles. The summed E-state index contributed by atoms with van der Waals surface area (Å²) in [6.07, 6.45) is 5.32. The summed E-state index contributed by atoms with van der Waals surface area (Å²) in [5.41, 5.74) is 0. The van der Waals surface area contributed by atoms with Crippen molar-refractivity contribution >= 4 is 6.01 Å². The molecule has 0 unspecified atom stereocenters. The Kier molecular flexibility index (Phi) is 4.36. The Morgan fingerprint density at radius 1 is 1.24 bits per heavy atom. The van der Waals surface area contributed by atoms with E-state index in [4.69, 9.17) is 4.42 Å². The Bertz CT molecular complexity index is 331. The maximum Gasteiger partial charge on any atom is 0.315 e. The van der Waals surface area contributed by atoms with Crippen LogP contribution in [0.1, 0.15) is 38.5 Å².